The number of Topliss-reactive ketones (excluding diaryl/α,β-unsaturated/α-hetero) is 1. The minimum atomic E-state index is -2.84. The number of carbonyl (C=O) groups is 1. The summed E-state index contributed by atoms with van der Waals surface area (Å²) in [5, 5.41) is 14.3. The van der Waals surface area contributed by atoms with Gasteiger partial charge in [0.1, 0.15) is 17.0 Å². The van der Waals surface area contributed by atoms with Crippen LogP contribution in [0.5, 0.6) is 5.75 Å². The van der Waals surface area contributed by atoms with Gasteiger partial charge in [-0.3, -0.25) is 14.5 Å². The van der Waals surface area contributed by atoms with Crippen LogP contribution in [-0.4, -0.2) is 44.5 Å². The van der Waals surface area contributed by atoms with Crippen LogP contribution >= 0.6 is 0 Å². The van der Waals surface area contributed by atoms with Gasteiger partial charge in [0.15, 0.2) is 5.78 Å². The van der Waals surface area contributed by atoms with E-state index in [4.69, 9.17) is 4.74 Å². The molecule has 6 nitrogen and oxygen atoms in total. The molecular weight excluding hydrogens is 435 g/mol. The molecule has 1 aliphatic carbocycles. The summed E-state index contributed by atoms with van der Waals surface area (Å²) >= 11 is 0. The Bertz CT molecular complexity index is 1180. The number of hydrogen-bond acceptors (Lipinski definition) is 5. The molecule has 0 saturated heterocycles. The third-order valence-corrected chi connectivity index (χ3v) is 5.90. The highest BCUT2D eigenvalue weighted by Gasteiger charge is 2.56. The third-order valence-electron chi connectivity index (χ3n) is 5.90. The summed E-state index contributed by atoms with van der Waals surface area (Å²) in [7, 11) is 0. The number of aromatic nitrogens is 3. The number of aliphatic hydroxyl groups is 1. The number of ketones is 1. The van der Waals surface area contributed by atoms with Crippen molar-refractivity contribution < 1.29 is 27.8 Å². The van der Waals surface area contributed by atoms with Crippen LogP contribution < -0.4 is 4.74 Å². The fraction of sp³-hybridized carbons (Fsp3) is 0.458. The molecule has 33 heavy (non-hydrogen) atoms. The topological polar surface area (TPSA) is 77.2 Å². The lowest BCUT2D eigenvalue weighted by molar-refractivity contribution is -0.174. The molecule has 0 aliphatic heterocycles. The van der Waals surface area contributed by atoms with E-state index in [0.717, 1.165) is 0 Å². The minimum absolute atomic E-state index is 0.0483. The number of halogens is 3. The Balaban J connectivity index is 1.70. The number of hydrogen-bond donors (Lipinski definition) is 1. The summed E-state index contributed by atoms with van der Waals surface area (Å²) in [6.07, 6.45) is -1.22. The van der Waals surface area contributed by atoms with E-state index in [1.807, 2.05) is 19.9 Å². The molecule has 1 fully saturated rings. The second-order valence-electron chi connectivity index (χ2n) is 9.13. The molecule has 0 spiro atoms. The molecular formula is C24H26F3N3O3. The zero-order chi connectivity index (χ0) is 24.0. The van der Waals surface area contributed by atoms with Gasteiger partial charge in [-0.15, -0.1) is 0 Å². The third kappa shape index (κ3) is 4.59. The number of benzene rings is 1. The summed E-state index contributed by atoms with van der Waals surface area (Å²) in [6.45, 7) is 4.70. The zero-order valence-corrected chi connectivity index (χ0v) is 18.7. The number of aliphatic hydroxyl groups excluding tert-OH is 1. The van der Waals surface area contributed by atoms with Crippen LogP contribution in [0.15, 0.2) is 36.5 Å². The van der Waals surface area contributed by atoms with Gasteiger partial charge in [-0.1, -0.05) is 12.1 Å². The fourth-order valence-corrected chi connectivity index (χ4v) is 4.44. The van der Waals surface area contributed by atoms with E-state index in [2.05, 4.69) is 10.1 Å². The van der Waals surface area contributed by atoms with Crippen molar-refractivity contribution in [3.05, 3.63) is 42.1 Å². The van der Waals surface area contributed by atoms with Crippen LogP contribution in [0, 0.1) is 5.41 Å². The molecule has 2 aromatic heterocycles. The maximum atomic E-state index is 13.4. The summed E-state index contributed by atoms with van der Waals surface area (Å²) < 4.78 is 47.0. The first kappa shape index (κ1) is 23.2. The number of fused-ring (bicyclic) bond motifs is 1. The van der Waals surface area contributed by atoms with Crippen molar-refractivity contribution in [2.45, 2.75) is 58.4 Å². The molecule has 3 aromatic rings. The number of alkyl halides is 3. The first-order chi connectivity index (χ1) is 15.5. The Kier molecular flexibility index (Phi) is 5.94. The Morgan fingerprint density at radius 3 is 2.58 bits per heavy atom. The molecule has 1 aliphatic rings. The molecule has 176 valence electrons. The zero-order valence-electron chi connectivity index (χ0n) is 18.7. The molecule has 1 saturated carbocycles. The van der Waals surface area contributed by atoms with E-state index < -0.39 is 37.1 Å². The molecule has 1 aromatic carbocycles. The molecule has 1 N–H and O–H groups in total. The fourth-order valence-electron chi connectivity index (χ4n) is 4.44. The van der Waals surface area contributed by atoms with Crippen LogP contribution in [0.2, 0.25) is 0 Å². The molecule has 0 bridgehead atoms. The minimum Gasteiger partial charge on any atom is -0.461 e. The van der Waals surface area contributed by atoms with Gasteiger partial charge in [0, 0.05) is 61.6 Å². The summed E-state index contributed by atoms with van der Waals surface area (Å²) in [4.78, 5) is 17.4. The van der Waals surface area contributed by atoms with Gasteiger partial charge in [-0.05, 0) is 32.0 Å². The first-order valence-corrected chi connectivity index (χ1v) is 10.8. The Morgan fingerprint density at radius 2 is 1.97 bits per heavy atom. The molecule has 1 atom stereocenters. The normalized spacial score (nSPS) is 17.7. The molecule has 4 rings (SSSR count). The smallest absolute Gasteiger partial charge is 0.249 e. The average molecular weight is 461 g/mol. The van der Waals surface area contributed by atoms with Gasteiger partial charge >= 0.3 is 0 Å². The molecule has 1 unspecified atom stereocenters. The highest BCUT2D eigenvalue weighted by Crippen LogP contribution is 2.54. The Labute approximate surface area is 189 Å². The summed E-state index contributed by atoms with van der Waals surface area (Å²) in [6, 6.07) is 8.47. The highest BCUT2D eigenvalue weighted by molar-refractivity contribution is 6.00. The van der Waals surface area contributed by atoms with E-state index in [1.165, 1.54) is 13.1 Å². The predicted octanol–water partition coefficient (Wildman–Crippen LogP) is 5.35. The molecule has 0 radical (unpaired) electrons. The predicted molar refractivity (Wildman–Crippen MR) is 117 cm³/mol. The maximum absolute atomic E-state index is 13.4. The number of carbonyl (C=O) groups excluding carboxylic acids is 1. The maximum Gasteiger partial charge on any atom is 0.249 e. The van der Waals surface area contributed by atoms with E-state index in [9.17, 15) is 23.1 Å². The number of pyridine rings is 1. The van der Waals surface area contributed by atoms with E-state index in [0.29, 0.717) is 28.0 Å². The Hall–Kier alpha value is -2.94. The first-order valence-electron chi connectivity index (χ1n) is 10.8. The van der Waals surface area contributed by atoms with Crippen LogP contribution in [0.25, 0.3) is 22.3 Å². The second-order valence-corrected chi connectivity index (χ2v) is 9.13. The Morgan fingerprint density at radius 1 is 1.24 bits per heavy atom. The van der Waals surface area contributed by atoms with E-state index in [-0.39, 0.29) is 23.8 Å². The molecule has 2 heterocycles. The largest absolute Gasteiger partial charge is 0.461 e. The SMILES string of the molecule is CC(F)Oc1cccc(-c2nn(C(C)C)c3cc(C(=O)CC4(CO)CC(F)(F)C4)cnc23)c1. The van der Waals surface area contributed by atoms with Crippen LogP contribution in [0.1, 0.15) is 56.4 Å². The lowest BCUT2D eigenvalue weighted by Crippen LogP contribution is -2.49. The van der Waals surface area contributed by atoms with Crippen molar-refractivity contribution in [1.29, 1.82) is 0 Å². The van der Waals surface area contributed by atoms with Crippen LogP contribution in [-0.2, 0) is 0 Å². The number of rotatable bonds is 8. The number of ether oxygens (including phenoxy) is 1. The molecule has 9 heteroatoms. The standard InChI is InChI=1S/C24H26F3N3O3/c1-14(2)30-19-8-17(20(32)9-23(13-31)11-24(26,27)12-23)10-28-22(19)21(29-30)16-5-4-6-18(7-16)33-15(3)25/h4-8,10,14-15,31H,9,11-13H2,1-3H3. The van der Waals surface area contributed by atoms with Crippen molar-refractivity contribution >= 4 is 16.8 Å². The average Bonchev–Trinajstić information content (AvgIpc) is 3.11. The van der Waals surface area contributed by atoms with Crippen molar-refractivity contribution in [1.82, 2.24) is 14.8 Å². The van der Waals surface area contributed by atoms with E-state index in [1.54, 1.807) is 28.9 Å². The second kappa shape index (κ2) is 8.44. The van der Waals surface area contributed by atoms with Gasteiger partial charge < -0.3 is 9.84 Å². The van der Waals surface area contributed by atoms with E-state index >= 15 is 0 Å². The van der Waals surface area contributed by atoms with Crippen molar-refractivity contribution in [2.75, 3.05) is 6.61 Å². The van der Waals surface area contributed by atoms with Gasteiger partial charge in [0.25, 0.3) is 0 Å². The van der Waals surface area contributed by atoms with Crippen LogP contribution in [0.3, 0.4) is 0 Å². The van der Waals surface area contributed by atoms with Crippen LogP contribution in [0.4, 0.5) is 13.2 Å². The summed E-state index contributed by atoms with van der Waals surface area (Å²) in [5.74, 6) is -2.83. The number of nitrogens with zero attached hydrogens (tertiary/aromatic N) is 3. The van der Waals surface area contributed by atoms with Gasteiger partial charge in [0.2, 0.25) is 12.3 Å². The van der Waals surface area contributed by atoms with Gasteiger partial charge in [-0.2, -0.15) is 5.10 Å². The lowest BCUT2D eigenvalue weighted by atomic mass is 9.63. The monoisotopic (exact) mass is 461 g/mol. The summed E-state index contributed by atoms with van der Waals surface area (Å²) in [5.41, 5.74) is 1.60. The van der Waals surface area contributed by atoms with Gasteiger partial charge in [0.05, 0.1) is 5.52 Å². The lowest BCUT2D eigenvalue weighted by Gasteiger charge is -2.45. The highest BCUT2D eigenvalue weighted by atomic mass is 19.3. The van der Waals surface area contributed by atoms with Crippen molar-refractivity contribution in [3.8, 4) is 17.0 Å². The van der Waals surface area contributed by atoms with Crippen molar-refractivity contribution in [2.24, 2.45) is 5.41 Å². The quantitative estimate of drug-likeness (QED) is 0.458. The van der Waals surface area contributed by atoms with Gasteiger partial charge in [-0.25, -0.2) is 13.2 Å². The molecule has 0 amide bonds. The van der Waals surface area contributed by atoms with Crippen molar-refractivity contribution in [3.63, 3.8) is 0 Å².